The van der Waals surface area contributed by atoms with Crippen LogP contribution in [0.2, 0.25) is 0 Å². The molecule has 0 aliphatic rings. The van der Waals surface area contributed by atoms with E-state index in [0.29, 0.717) is 6.61 Å². The van der Waals surface area contributed by atoms with Crippen molar-refractivity contribution < 1.29 is 9.47 Å². The highest BCUT2D eigenvalue weighted by Crippen LogP contribution is 2.25. The van der Waals surface area contributed by atoms with Crippen molar-refractivity contribution in [3.8, 4) is 5.75 Å². The van der Waals surface area contributed by atoms with E-state index in [9.17, 15) is 0 Å². The largest absolute Gasteiger partial charge is 0.494 e. The van der Waals surface area contributed by atoms with Crippen molar-refractivity contribution in [2.24, 2.45) is 0 Å². The quantitative estimate of drug-likeness (QED) is 0.680. The maximum Gasteiger partial charge on any atom is 0.124 e. The molecule has 1 unspecified atom stereocenters. The van der Waals surface area contributed by atoms with Crippen LogP contribution in [0.25, 0.3) is 0 Å². The van der Waals surface area contributed by atoms with Gasteiger partial charge in [0.2, 0.25) is 0 Å². The Morgan fingerprint density at radius 1 is 1.19 bits per heavy atom. The van der Waals surface area contributed by atoms with E-state index >= 15 is 0 Å². The molecule has 0 heterocycles. The number of nitrogens with one attached hydrogen (secondary N) is 1. The Hall–Kier alpha value is -1.10. The van der Waals surface area contributed by atoms with Gasteiger partial charge in [0.25, 0.3) is 0 Å². The first kappa shape index (κ1) is 18.0. The third-order valence-electron chi connectivity index (χ3n) is 3.54. The highest BCUT2D eigenvalue weighted by molar-refractivity contribution is 5.36. The van der Waals surface area contributed by atoms with Gasteiger partial charge in [-0.25, -0.2) is 0 Å². The Bertz CT molecular complexity index is 385. The monoisotopic (exact) mass is 294 g/mol. The number of benzene rings is 1. The zero-order valence-corrected chi connectivity index (χ0v) is 13.9. The van der Waals surface area contributed by atoms with E-state index in [1.165, 1.54) is 5.56 Å². The van der Waals surface area contributed by atoms with Crippen LogP contribution in [0.4, 0.5) is 0 Å². The molecular formula is C17H30N2O2. The second-order valence-corrected chi connectivity index (χ2v) is 4.97. The molecule has 0 saturated heterocycles. The molecule has 21 heavy (non-hydrogen) atoms. The Kier molecular flexibility index (Phi) is 9.06. The topological polar surface area (TPSA) is 33.7 Å². The van der Waals surface area contributed by atoms with Gasteiger partial charge in [-0.3, -0.25) is 4.90 Å². The number of hydrogen-bond acceptors (Lipinski definition) is 4. The van der Waals surface area contributed by atoms with Gasteiger partial charge >= 0.3 is 0 Å². The van der Waals surface area contributed by atoms with Crippen molar-refractivity contribution in [1.29, 1.82) is 0 Å². The van der Waals surface area contributed by atoms with Crippen LogP contribution in [0.15, 0.2) is 24.3 Å². The highest BCUT2D eigenvalue weighted by atomic mass is 16.5. The van der Waals surface area contributed by atoms with Gasteiger partial charge in [-0.15, -0.1) is 0 Å². The Balaban J connectivity index is 2.84. The molecule has 0 fully saturated rings. The zero-order valence-electron chi connectivity index (χ0n) is 13.9. The fourth-order valence-electron chi connectivity index (χ4n) is 2.43. The van der Waals surface area contributed by atoms with E-state index in [1.54, 1.807) is 7.11 Å². The maximum atomic E-state index is 5.78. The summed E-state index contributed by atoms with van der Waals surface area (Å²) in [6.07, 6.45) is 0. The lowest BCUT2D eigenvalue weighted by Crippen LogP contribution is -2.37. The van der Waals surface area contributed by atoms with E-state index in [4.69, 9.17) is 9.47 Å². The SMILES string of the molecule is CCNC(CN(CC)CCOC)c1ccccc1OCC. The van der Waals surface area contributed by atoms with Crippen molar-refractivity contribution in [3.05, 3.63) is 29.8 Å². The molecule has 4 heteroatoms. The molecule has 1 aromatic rings. The van der Waals surface area contributed by atoms with E-state index < -0.39 is 0 Å². The van der Waals surface area contributed by atoms with Crippen molar-refractivity contribution in [2.75, 3.05) is 46.5 Å². The molecule has 0 spiro atoms. The molecule has 1 atom stereocenters. The highest BCUT2D eigenvalue weighted by Gasteiger charge is 2.18. The number of hydrogen-bond donors (Lipinski definition) is 1. The van der Waals surface area contributed by atoms with Crippen LogP contribution in [0.1, 0.15) is 32.4 Å². The molecule has 1 rings (SSSR count). The number of para-hydroxylation sites is 1. The van der Waals surface area contributed by atoms with Crippen LogP contribution in [0, 0.1) is 0 Å². The Morgan fingerprint density at radius 3 is 2.57 bits per heavy atom. The average molecular weight is 294 g/mol. The normalized spacial score (nSPS) is 12.6. The lowest BCUT2D eigenvalue weighted by atomic mass is 10.0. The summed E-state index contributed by atoms with van der Waals surface area (Å²) in [6.45, 7) is 11.7. The van der Waals surface area contributed by atoms with E-state index in [2.05, 4.69) is 42.3 Å². The molecule has 0 radical (unpaired) electrons. The third kappa shape index (κ3) is 6.04. The summed E-state index contributed by atoms with van der Waals surface area (Å²) in [5.41, 5.74) is 1.23. The van der Waals surface area contributed by atoms with E-state index in [0.717, 1.165) is 38.5 Å². The van der Waals surface area contributed by atoms with Crippen LogP contribution >= 0.6 is 0 Å². The van der Waals surface area contributed by atoms with E-state index in [1.807, 2.05) is 13.0 Å². The number of nitrogens with zero attached hydrogens (tertiary/aromatic N) is 1. The molecule has 0 amide bonds. The van der Waals surface area contributed by atoms with Crippen LogP contribution in [-0.2, 0) is 4.74 Å². The first-order valence-electron chi connectivity index (χ1n) is 7.93. The van der Waals surface area contributed by atoms with Gasteiger partial charge in [-0.05, 0) is 26.1 Å². The van der Waals surface area contributed by atoms with Crippen molar-refractivity contribution in [1.82, 2.24) is 10.2 Å². The number of ether oxygens (including phenoxy) is 2. The van der Waals surface area contributed by atoms with Crippen LogP contribution in [0.3, 0.4) is 0 Å². The standard InChI is InChI=1S/C17H30N2O2/c1-5-18-16(14-19(6-2)12-13-20-4)15-10-8-9-11-17(15)21-7-3/h8-11,16,18H,5-7,12-14H2,1-4H3. The summed E-state index contributed by atoms with van der Waals surface area (Å²) in [6, 6.07) is 8.58. The number of likely N-dealkylation sites (N-methyl/N-ethyl adjacent to an activating group) is 2. The van der Waals surface area contributed by atoms with Crippen LogP contribution in [-0.4, -0.2) is 51.4 Å². The molecule has 0 aliphatic heterocycles. The summed E-state index contributed by atoms with van der Waals surface area (Å²) in [4.78, 5) is 2.40. The van der Waals surface area contributed by atoms with Gasteiger partial charge in [0.05, 0.1) is 13.2 Å². The van der Waals surface area contributed by atoms with Gasteiger partial charge in [0.15, 0.2) is 0 Å². The fourth-order valence-corrected chi connectivity index (χ4v) is 2.43. The van der Waals surface area contributed by atoms with Crippen molar-refractivity contribution >= 4 is 0 Å². The van der Waals surface area contributed by atoms with Crippen molar-refractivity contribution in [2.45, 2.75) is 26.8 Å². The molecule has 0 aromatic heterocycles. The second kappa shape index (κ2) is 10.6. The maximum absolute atomic E-state index is 5.78. The first-order valence-corrected chi connectivity index (χ1v) is 7.93. The summed E-state index contributed by atoms with van der Waals surface area (Å²) >= 11 is 0. The Morgan fingerprint density at radius 2 is 1.95 bits per heavy atom. The lowest BCUT2D eigenvalue weighted by molar-refractivity contribution is 0.143. The minimum Gasteiger partial charge on any atom is -0.494 e. The molecule has 0 saturated carbocycles. The predicted molar refractivity (Wildman–Crippen MR) is 88.0 cm³/mol. The lowest BCUT2D eigenvalue weighted by Gasteiger charge is -2.28. The summed E-state index contributed by atoms with van der Waals surface area (Å²) in [5, 5.41) is 3.58. The minimum absolute atomic E-state index is 0.273. The molecule has 4 nitrogen and oxygen atoms in total. The van der Waals surface area contributed by atoms with Crippen LogP contribution in [0.5, 0.6) is 5.75 Å². The van der Waals surface area contributed by atoms with Crippen molar-refractivity contribution in [3.63, 3.8) is 0 Å². The summed E-state index contributed by atoms with van der Waals surface area (Å²) in [7, 11) is 1.75. The summed E-state index contributed by atoms with van der Waals surface area (Å²) in [5.74, 6) is 0.980. The number of rotatable bonds is 11. The second-order valence-electron chi connectivity index (χ2n) is 4.97. The smallest absolute Gasteiger partial charge is 0.124 e. The number of methoxy groups -OCH3 is 1. The van der Waals surface area contributed by atoms with Crippen LogP contribution < -0.4 is 10.1 Å². The fraction of sp³-hybridized carbons (Fsp3) is 0.647. The van der Waals surface area contributed by atoms with Gasteiger partial charge in [-0.2, -0.15) is 0 Å². The molecule has 1 aromatic carbocycles. The van der Waals surface area contributed by atoms with Gasteiger partial charge in [-0.1, -0.05) is 32.0 Å². The summed E-state index contributed by atoms with van der Waals surface area (Å²) < 4.78 is 11.0. The zero-order chi connectivity index (χ0) is 15.5. The Labute approximate surface area is 129 Å². The molecule has 0 bridgehead atoms. The van der Waals surface area contributed by atoms with Gasteiger partial charge < -0.3 is 14.8 Å². The van der Waals surface area contributed by atoms with Gasteiger partial charge in [0.1, 0.15) is 5.75 Å². The molecule has 1 N–H and O–H groups in total. The van der Waals surface area contributed by atoms with E-state index in [-0.39, 0.29) is 6.04 Å². The minimum atomic E-state index is 0.273. The predicted octanol–water partition coefficient (Wildman–Crippen LogP) is 2.70. The molecule has 120 valence electrons. The molecule has 0 aliphatic carbocycles. The molecular weight excluding hydrogens is 264 g/mol. The third-order valence-corrected chi connectivity index (χ3v) is 3.54. The average Bonchev–Trinajstić information content (AvgIpc) is 2.51. The first-order chi connectivity index (χ1) is 10.3. The van der Waals surface area contributed by atoms with Gasteiger partial charge in [0, 0.05) is 31.8 Å².